The fraction of sp³-hybridized carbons (Fsp3) is 0.533. The normalized spacial score (nSPS) is 10.8. The molecule has 0 unspecified atom stereocenters. The standard InChI is InChI=1S/C15H23NO4/c1-3-16(7-9-19-2)8-10-20-14-6-4-5-13(11-14)12-15(17)18/h4-6,11H,3,7-10,12H2,1-2H3,(H,17,18). The van der Waals surface area contributed by atoms with Gasteiger partial charge in [0, 0.05) is 20.2 Å². The van der Waals surface area contributed by atoms with Crippen molar-refractivity contribution < 1.29 is 19.4 Å². The molecule has 0 aliphatic heterocycles. The van der Waals surface area contributed by atoms with E-state index in [1.54, 1.807) is 19.2 Å². The molecule has 0 saturated carbocycles. The van der Waals surface area contributed by atoms with Gasteiger partial charge in [0.05, 0.1) is 13.0 Å². The third-order valence-electron chi connectivity index (χ3n) is 2.99. The maximum atomic E-state index is 10.7. The Balaban J connectivity index is 2.39. The number of nitrogens with zero attached hydrogens (tertiary/aromatic N) is 1. The van der Waals surface area contributed by atoms with Gasteiger partial charge in [-0.25, -0.2) is 0 Å². The molecule has 1 rings (SSSR count). The summed E-state index contributed by atoms with van der Waals surface area (Å²) in [7, 11) is 1.69. The van der Waals surface area contributed by atoms with Crippen molar-refractivity contribution in [3.63, 3.8) is 0 Å². The molecular weight excluding hydrogens is 258 g/mol. The lowest BCUT2D eigenvalue weighted by Crippen LogP contribution is -2.31. The topological polar surface area (TPSA) is 59.0 Å². The number of carboxylic acids is 1. The average molecular weight is 281 g/mol. The van der Waals surface area contributed by atoms with Crippen LogP contribution in [0.25, 0.3) is 0 Å². The predicted molar refractivity (Wildman–Crippen MR) is 77.3 cm³/mol. The lowest BCUT2D eigenvalue weighted by Gasteiger charge is -2.19. The van der Waals surface area contributed by atoms with Crippen LogP contribution in [0.1, 0.15) is 12.5 Å². The van der Waals surface area contributed by atoms with E-state index in [1.807, 2.05) is 12.1 Å². The number of carboxylic acid groups (broad SMARTS) is 1. The molecule has 0 aliphatic rings. The number of ether oxygens (including phenoxy) is 2. The Morgan fingerprint density at radius 3 is 2.70 bits per heavy atom. The summed E-state index contributed by atoms with van der Waals surface area (Å²) < 4.78 is 10.7. The first kappa shape index (κ1) is 16.5. The Morgan fingerprint density at radius 2 is 2.05 bits per heavy atom. The van der Waals surface area contributed by atoms with Crippen LogP contribution < -0.4 is 4.74 Å². The molecule has 0 aromatic heterocycles. The molecule has 5 nitrogen and oxygen atoms in total. The van der Waals surface area contributed by atoms with Crippen molar-refractivity contribution in [2.75, 3.05) is 40.0 Å². The van der Waals surface area contributed by atoms with Crippen LogP contribution in [-0.4, -0.2) is 55.9 Å². The van der Waals surface area contributed by atoms with Gasteiger partial charge in [-0.3, -0.25) is 9.69 Å². The molecule has 0 bridgehead atoms. The summed E-state index contributed by atoms with van der Waals surface area (Å²) in [6.07, 6.45) is 0.0200. The zero-order valence-corrected chi connectivity index (χ0v) is 12.2. The van der Waals surface area contributed by atoms with E-state index in [1.165, 1.54) is 0 Å². The van der Waals surface area contributed by atoms with Gasteiger partial charge in [-0.05, 0) is 24.2 Å². The van der Waals surface area contributed by atoms with Gasteiger partial charge in [0.2, 0.25) is 0 Å². The Bertz CT molecular complexity index is 409. The third kappa shape index (κ3) is 6.54. The zero-order valence-electron chi connectivity index (χ0n) is 12.2. The first-order chi connectivity index (χ1) is 9.65. The SMILES string of the molecule is CCN(CCOC)CCOc1cccc(CC(=O)O)c1. The summed E-state index contributed by atoms with van der Waals surface area (Å²) in [6.45, 7) is 6.05. The summed E-state index contributed by atoms with van der Waals surface area (Å²) in [5, 5.41) is 8.76. The highest BCUT2D eigenvalue weighted by Crippen LogP contribution is 2.13. The summed E-state index contributed by atoms with van der Waals surface area (Å²) in [4.78, 5) is 12.9. The van der Waals surface area contributed by atoms with Crippen LogP contribution in [0.15, 0.2) is 24.3 Å². The third-order valence-corrected chi connectivity index (χ3v) is 2.99. The molecule has 112 valence electrons. The van der Waals surface area contributed by atoms with E-state index in [9.17, 15) is 4.79 Å². The number of hydrogen-bond acceptors (Lipinski definition) is 4. The maximum Gasteiger partial charge on any atom is 0.307 e. The lowest BCUT2D eigenvalue weighted by molar-refractivity contribution is -0.136. The van der Waals surface area contributed by atoms with Gasteiger partial charge < -0.3 is 14.6 Å². The van der Waals surface area contributed by atoms with E-state index in [0.717, 1.165) is 25.2 Å². The van der Waals surface area contributed by atoms with Gasteiger partial charge in [-0.1, -0.05) is 19.1 Å². The van der Waals surface area contributed by atoms with E-state index in [0.29, 0.717) is 19.0 Å². The minimum absolute atomic E-state index is 0.0200. The average Bonchev–Trinajstić information content (AvgIpc) is 2.42. The second kappa shape index (κ2) is 9.34. The highest BCUT2D eigenvalue weighted by molar-refractivity contribution is 5.70. The molecule has 1 N–H and O–H groups in total. The maximum absolute atomic E-state index is 10.7. The smallest absolute Gasteiger partial charge is 0.307 e. The molecule has 1 aromatic carbocycles. The van der Waals surface area contributed by atoms with E-state index >= 15 is 0 Å². The van der Waals surface area contributed by atoms with Gasteiger partial charge in [0.25, 0.3) is 0 Å². The van der Waals surface area contributed by atoms with Gasteiger partial charge >= 0.3 is 5.97 Å². The number of likely N-dealkylation sites (N-methyl/N-ethyl adjacent to an activating group) is 1. The summed E-state index contributed by atoms with van der Waals surface area (Å²) >= 11 is 0. The van der Waals surface area contributed by atoms with Crippen molar-refractivity contribution in [1.29, 1.82) is 0 Å². The number of rotatable bonds is 10. The van der Waals surface area contributed by atoms with Gasteiger partial charge in [0.1, 0.15) is 12.4 Å². The second-order valence-corrected chi connectivity index (χ2v) is 4.49. The minimum atomic E-state index is -0.834. The van der Waals surface area contributed by atoms with Crippen LogP contribution in [0.2, 0.25) is 0 Å². The van der Waals surface area contributed by atoms with Gasteiger partial charge in [-0.2, -0.15) is 0 Å². The molecule has 0 spiro atoms. The molecule has 0 radical (unpaired) electrons. The molecule has 0 fully saturated rings. The highest BCUT2D eigenvalue weighted by Gasteiger charge is 2.04. The Hall–Kier alpha value is -1.59. The fourth-order valence-electron chi connectivity index (χ4n) is 1.86. The summed E-state index contributed by atoms with van der Waals surface area (Å²) in [5.74, 6) is -0.120. The minimum Gasteiger partial charge on any atom is -0.492 e. The Kier molecular flexibility index (Phi) is 7.69. The number of benzene rings is 1. The van der Waals surface area contributed by atoms with Crippen LogP contribution in [0, 0.1) is 0 Å². The van der Waals surface area contributed by atoms with Crippen LogP contribution in [-0.2, 0) is 16.0 Å². The van der Waals surface area contributed by atoms with Crippen LogP contribution in [0.4, 0.5) is 0 Å². The van der Waals surface area contributed by atoms with E-state index in [2.05, 4.69) is 11.8 Å². The quantitative estimate of drug-likeness (QED) is 0.707. The van der Waals surface area contributed by atoms with Crippen molar-refractivity contribution in [3.05, 3.63) is 29.8 Å². The molecule has 5 heteroatoms. The van der Waals surface area contributed by atoms with Crippen molar-refractivity contribution in [2.24, 2.45) is 0 Å². The largest absolute Gasteiger partial charge is 0.492 e. The molecule has 0 atom stereocenters. The molecule has 20 heavy (non-hydrogen) atoms. The van der Waals surface area contributed by atoms with Crippen LogP contribution >= 0.6 is 0 Å². The highest BCUT2D eigenvalue weighted by atomic mass is 16.5. The molecule has 0 amide bonds. The Labute approximate surface area is 120 Å². The van der Waals surface area contributed by atoms with Crippen LogP contribution in [0.3, 0.4) is 0 Å². The first-order valence-corrected chi connectivity index (χ1v) is 6.80. The van der Waals surface area contributed by atoms with Gasteiger partial charge in [0.15, 0.2) is 0 Å². The summed E-state index contributed by atoms with van der Waals surface area (Å²) in [6, 6.07) is 7.23. The number of methoxy groups -OCH3 is 1. The molecule has 1 aromatic rings. The monoisotopic (exact) mass is 281 g/mol. The van der Waals surface area contributed by atoms with E-state index < -0.39 is 5.97 Å². The first-order valence-electron chi connectivity index (χ1n) is 6.80. The number of hydrogen-bond donors (Lipinski definition) is 1. The van der Waals surface area contributed by atoms with Crippen molar-refractivity contribution in [3.8, 4) is 5.75 Å². The number of aliphatic carboxylic acids is 1. The van der Waals surface area contributed by atoms with Crippen molar-refractivity contribution in [2.45, 2.75) is 13.3 Å². The molecule has 0 saturated heterocycles. The molecule has 0 aliphatic carbocycles. The summed E-state index contributed by atoms with van der Waals surface area (Å²) in [5.41, 5.74) is 0.752. The lowest BCUT2D eigenvalue weighted by atomic mass is 10.1. The second-order valence-electron chi connectivity index (χ2n) is 4.49. The molecule has 0 heterocycles. The predicted octanol–water partition coefficient (Wildman–Crippen LogP) is 1.66. The fourth-order valence-corrected chi connectivity index (χ4v) is 1.86. The zero-order chi connectivity index (χ0) is 14.8. The van der Waals surface area contributed by atoms with Crippen LogP contribution in [0.5, 0.6) is 5.75 Å². The molecular formula is C15H23NO4. The number of carbonyl (C=O) groups is 1. The Morgan fingerprint density at radius 1 is 1.30 bits per heavy atom. The van der Waals surface area contributed by atoms with Crippen molar-refractivity contribution >= 4 is 5.97 Å². The van der Waals surface area contributed by atoms with Crippen molar-refractivity contribution in [1.82, 2.24) is 4.90 Å². The van der Waals surface area contributed by atoms with E-state index in [4.69, 9.17) is 14.6 Å². The van der Waals surface area contributed by atoms with Gasteiger partial charge in [-0.15, -0.1) is 0 Å². The van der Waals surface area contributed by atoms with E-state index in [-0.39, 0.29) is 6.42 Å².